The van der Waals surface area contributed by atoms with Crippen molar-refractivity contribution < 1.29 is 27.6 Å². The van der Waals surface area contributed by atoms with Gasteiger partial charge in [-0.25, -0.2) is 14.2 Å². The number of halogens is 3. The largest absolute Gasteiger partial charge is 0.344 e. The number of Topliss-reactive ketones (excluding diaryl/α,β-unsaturated/α-hetero) is 1. The predicted octanol–water partition coefficient (Wildman–Crippen LogP) is 5.74. The Labute approximate surface area is 222 Å². The molecule has 1 aliphatic rings. The smallest absolute Gasteiger partial charge is 0.324 e. The Morgan fingerprint density at radius 1 is 1.08 bits per heavy atom. The summed E-state index contributed by atoms with van der Waals surface area (Å²) in [5.41, 5.74) is 1.57. The highest BCUT2D eigenvalue weighted by Gasteiger charge is 2.26. The summed E-state index contributed by atoms with van der Waals surface area (Å²) in [5, 5.41) is 2.81. The molecule has 1 saturated heterocycles. The van der Waals surface area contributed by atoms with Crippen molar-refractivity contribution in [3.63, 3.8) is 0 Å². The van der Waals surface area contributed by atoms with Gasteiger partial charge in [-0.2, -0.15) is 8.78 Å². The molecule has 0 aliphatic carbocycles. The molecule has 0 atom stereocenters. The summed E-state index contributed by atoms with van der Waals surface area (Å²) in [6.07, 6.45) is -0.389. The molecule has 4 rings (SSSR count). The van der Waals surface area contributed by atoms with Gasteiger partial charge in [-0.15, -0.1) is 11.3 Å². The third-order valence-corrected chi connectivity index (χ3v) is 7.70. The third kappa shape index (κ3) is 6.32. The lowest BCUT2D eigenvalue weighted by atomic mass is 10.1. The molecule has 3 amide bonds. The predicted molar refractivity (Wildman–Crippen MR) is 140 cm³/mol. The Hall–Kier alpha value is -3.47. The number of alkyl halides is 2. The standard InChI is InChI=1S/C27H29F3N4O3S/c1-16(2)26-32-21-9-8-19(13-23(21)38-26)34(27(37)33-10-4-3-5-11-33)15-18-7-6-17(12-20(18)28)22(35)14-31-25(36)24(29)30/h6-9,12-13,16,24H,3-5,10-11,14-15H2,1-2H3,(H,31,36). The van der Waals surface area contributed by atoms with Crippen LogP contribution in [0.25, 0.3) is 10.2 Å². The topological polar surface area (TPSA) is 82.6 Å². The number of carbonyl (C=O) groups is 3. The van der Waals surface area contributed by atoms with Crippen molar-refractivity contribution in [1.29, 1.82) is 0 Å². The van der Waals surface area contributed by atoms with Crippen molar-refractivity contribution in [3.8, 4) is 0 Å². The fraction of sp³-hybridized carbons (Fsp3) is 0.407. The first kappa shape index (κ1) is 27.6. The van der Waals surface area contributed by atoms with Crippen LogP contribution in [-0.2, 0) is 11.3 Å². The van der Waals surface area contributed by atoms with Gasteiger partial charge in [0.05, 0.1) is 28.3 Å². The maximum atomic E-state index is 15.1. The quantitative estimate of drug-likeness (QED) is 0.366. The van der Waals surface area contributed by atoms with E-state index in [0.717, 1.165) is 40.6 Å². The van der Waals surface area contributed by atoms with Gasteiger partial charge in [0.25, 0.3) is 5.91 Å². The second-order valence-corrected chi connectivity index (χ2v) is 10.6. The minimum absolute atomic E-state index is 0.0676. The van der Waals surface area contributed by atoms with Crippen molar-refractivity contribution in [2.24, 2.45) is 0 Å². The average Bonchev–Trinajstić information content (AvgIpc) is 3.35. The number of urea groups is 1. The van der Waals surface area contributed by atoms with Gasteiger partial charge in [0.15, 0.2) is 5.78 Å². The molecule has 11 heteroatoms. The summed E-state index contributed by atoms with van der Waals surface area (Å²) in [6.45, 7) is 4.63. The van der Waals surface area contributed by atoms with Gasteiger partial charge < -0.3 is 10.2 Å². The molecule has 2 heterocycles. The lowest BCUT2D eigenvalue weighted by Gasteiger charge is -2.33. The molecule has 1 aliphatic heterocycles. The molecular formula is C27H29F3N4O3S. The van der Waals surface area contributed by atoms with E-state index in [-0.39, 0.29) is 29.6 Å². The number of ketones is 1. The van der Waals surface area contributed by atoms with E-state index in [1.54, 1.807) is 22.3 Å². The summed E-state index contributed by atoms with van der Waals surface area (Å²) >= 11 is 1.56. The van der Waals surface area contributed by atoms with Gasteiger partial charge >= 0.3 is 12.5 Å². The Morgan fingerprint density at radius 3 is 2.47 bits per heavy atom. The summed E-state index contributed by atoms with van der Waals surface area (Å²) in [6, 6.07) is 9.08. The number of piperidine rings is 1. The Balaban J connectivity index is 1.60. The number of anilines is 1. The van der Waals surface area contributed by atoms with E-state index in [0.29, 0.717) is 18.8 Å². The number of rotatable bonds is 8. The van der Waals surface area contributed by atoms with Gasteiger partial charge in [0.2, 0.25) is 0 Å². The number of carbonyl (C=O) groups excluding carboxylic acids is 3. The summed E-state index contributed by atoms with van der Waals surface area (Å²) in [4.78, 5) is 44.9. The highest BCUT2D eigenvalue weighted by molar-refractivity contribution is 7.18. The molecule has 1 aromatic heterocycles. The van der Waals surface area contributed by atoms with Crippen molar-refractivity contribution in [3.05, 3.63) is 58.3 Å². The van der Waals surface area contributed by atoms with E-state index in [1.165, 1.54) is 17.0 Å². The molecule has 1 N–H and O–H groups in total. The molecule has 7 nitrogen and oxygen atoms in total. The van der Waals surface area contributed by atoms with Crippen molar-refractivity contribution >= 4 is 45.0 Å². The number of thiazole rings is 1. The lowest BCUT2D eigenvalue weighted by Crippen LogP contribution is -2.45. The van der Waals surface area contributed by atoms with E-state index < -0.39 is 30.5 Å². The number of hydrogen-bond donors (Lipinski definition) is 1. The fourth-order valence-electron chi connectivity index (χ4n) is 4.24. The number of aromatic nitrogens is 1. The minimum Gasteiger partial charge on any atom is -0.344 e. The second-order valence-electron chi connectivity index (χ2n) is 9.52. The fourth-order valence-corrected chi connectivity index (χ4v) is 5.24. The number of benzene rings is 2. The zero-order valence-corrected chi connectivity index (χ0v) is 22.0. The summed E-state index contributed by atoms with van der Waals surface area (Å²) < 4.78 is 40.8. The van der Waals surface area contributed by atoms with Crippen LogP contribution in [0.3, 0.4) is 0 Å². The maximum absolute atomic E-state index is 15.1. The van der Waals surface area contributed by atoms with Gasteiger partial charge in [-0.05, 0) is 43.5 Å². The van der Waals surface area contributed by atoms with Crippen molar-refractivity contribution in [2.45, 2.75) is 52.0 Å². The number of likely N-dealkylation sites (tertiary alicyclic amines) is 1. The normalized spacial score (nSPS) is 13.8. The first-order valence-corrected chi connectivity index (χ1v) is 13.3. The molecule has 0 unspecified atom stereocenters. The molecule has 0 saturated carbocycles. The summed E-state index contributed by atoms with van der Waals surface area (Å²) in [5.74, 6) is -2.72. The van der Waals surface area contributed by atoms with E-state index >= 15 is 4.39 Å². The third-order valence-electron chi connectivity index (χ3n) is 6.38. The molecule has 1 fully saturated rings. The van der Waals surface area contributed by atoms with Crippen molar-refractivity contribution in [1.82, 2.24) is 15.2 Å². The zero-order valence-electron chi connectivity index (χ0n) is 21.2. The highest BCUT2D eigenvalue weighted by Crippen LogP contribution is 2.32. The Morgan fingerprint density at radius 2 is 1.82 bits per heavy atom. The van der Waals surface area contributed by atoms with Gasteiger partial charge in [-0.1, -0.05) is 26.0 Å². The first-order chi connectivity index (χ1) is 18.1. The maximum Gasteiger partial charge on any atom is 0.324 e. The first-order valence-electron chi connectivity index (χ1n) is 12.5. The van der Waals surface area contributed by atoms with Crippen LogP contribution in [0.1, 0.15) is 60.0 Å². The van der Waals surface area contributed by atoms with Crippen LogP contribution >= 0.6 is 11.3 Å². The number of nitrogens with zero attached hydrogens (tertiary/aromatic N) is 3. The van der Waals surface area contributed by atoms with E-state index in [1.807, 2.05) is 17.4 Å². The van der Waals surface area contributed by atoms with Crippen LogP contribution in [0, 0.1) is 5.82 Å². The van der Waals surface area contributed by atoms with Crippen LogP contribution in [0.5, 0.6) is 0 Å². The molecule has 0 radical (unpaired) electrons. The molecule has 202 valence electrons. The van der Waals surface area contributed by atoms with Crippen LogP contribution in [0.15, 0.2) is 36.4 Å². The van der Waals surface area contributed by atoms with E-state index in [2.05, 4.69) is 18.8 Å². The van der Waals surface area contributed by atoms with Crippen LogP contribution < -0.4 is 10.2 Å². The van der Waals surface area contributed by atoms with E-state index in [4.69, 9.17) is 0 Å². The number of hydrogen-bond acceptors (Lipinski definition) is 5. The van der Waals surface area contributed by atoms with Gasteiger partial charge in [-0.3, -0.25) is 14.5 Å². The molecule has 0 spiro atoms. The summed E-state index contributed by atoms with van der Waals surface area (Å²) in [7, 11) is 0. The Kier molecular flexibility index (Phi) is 8.65. The molecule has 3 aromatic rings. The number of nitrogens with one attached hydrogen (secondary N) is 1. The van der Waals surface area contributed by atoms with Crippen LogP contribution in [0.2, 0.25) is 0 Å². The highest BCUT2D eigenvalue weighted by atomic mass is 32.1. The number of fused-ring (bicyclic) bond motifs is 1. The lowest BCUT2D eigenvalue weighted by molar-refractivity contribution is -0.131. The monoisotopic (exact) mass is 546 g/mol. The van der Waals surface area contributed by atoms with Crippen LogP contribution in [-0.4, -0.2) is 53.7 Å². The Bertz CT molecular complexity index is 1340. The molecule has 0 bridgehead atoms. The minimum atomic E-state index is -3.24. The number of amides is 3. The van der Waals surface area contributed by atoms with Crippen molar-refractivity contribution in [2.75, 3.05) is 24.5 Å². The van der Waals surface area contributed by atoms with Gasteiger partial charge in [0.1, 0.15) is 5.82 Å². The second kappa shape index (κ2) is 11.9. The molecule has 2 aromatic carbocycles. The molecular weight excluding hydrogens is 517 g/mol. The van der Waals surface area contributed by atoms with Crippen LogP contribution in [0.4, 0.5) is 23.7 Å². The average molecular weight is 547 g/mol. The van der Waals surface area contributed by atoms with E-state index in [9.17, 15) is 23.2 Å². The van der Waals surface area contributed by atoms with Gasteiger partial charge in [0, 0.05) is 35.8 Å². The molecule has 38 heavy (non-hydrogen) atoms. The SMILES string of the molecule is CC(C)c1nc2ccc(N(Cc3ccc(C(=O)CNC(=O)C(F)F)cc3F)C(=O)N3CCCCC3)cc2s1. The zero-order chi connectivity index (χ0) is 27.4.